The normalized spacial score (nSPS) is 21.8. The highest BCUT2D eigenvalue weighted by Crippen LogP contribution is 2.55. The van der Waals surface area contributed by atoms with Crippen LogP contribution in [0.5, 0.6) is 5.75 Å². The molecular formula is C59H69ClN8O6S. The van der Waals surface area contributed by atoms with Crippen LogP contribution in [0.2, 0.25) is 5.02 Å². The predicted octanol–water partition coefficient (Wildman–Crippen LogP) is 8.83. The van der Waals surface area contributed by atoms with Crippen LogP contribution in [0, 0.1) is 35.0 Å². The van der Waals surface area contributed by atoms with Crippen LogP contribution in [-0.2, 0) is 22.6 Å². The van der Waals surface area contributed by atoms with E-state index in [4.69, 9.17) is 16.3 Å². The van der Waals surface area contributed by atoms with Crippen molar-refractivity contribution in [3.05, 3.63) is 135 Å². The lowest BCUT2D eigenvalue weighted by Gasteiger charge is -2.63. The van der Waals surface area contributed by atoms with Crippen molar-refractivity contribution >= 4 is 52.3 Å². The topological polar surface area (TPSA) is 171 Å². The molecule has 4 aromatic carbocycles. The summed E-state index contributed by atoms with van der Waals surface area (Å²) in [6.07, 6.45) is 0.945. The van der Waals surface area contributed by atoms with Gasteiger partial charge in [-0.3, -0.25) is 24.1 Å². The molecule has 3 fully saturated rings. The molecule has 16 heteroatoms. The molecule has 0 radical (unpaired) electrons. The van der Waals surface area contributed by atoms with E-state index in [1.54, 1.807) is 34.4 Å². The predicted molar refractivity (Wildman–Crippen MR) is 293 cm³/mol. The van der Waals surface area contributed by atoms with Gasteiger partial charge in [0.2, 0.25) is 11.8 Å². The highest BCUT2D eigenvalue weighted by atomic mass is 35.5. The second kappa shape index (κ2) is 21.7. The highest BCUT2D eigenvalue weighted by molar-refractivity contribution is 7.13. The van der Waals surface area contributed by atoms with Gasteiger partial charge in [-0.1, -0.05) is 95.6 Å². The number of aliphatic hydroxyl groups is 1. The van der Waals surface area contributed by atoms with Gasteiger partial charge in [-0.25, -0.2) is 4.98 Å². The molecule has 3 aliphatic heterocycles. The number of carbonyl (C=O) groups is 4. The fraction of sp³-hybridized carbons (Fsp3) is 0.458. The van der Waals surface area contributed by atoms with E-state index in [-0.39, 0.29) is 71.5 Å². The van der Waals surface area contributed by atoms with Crippen LogP contribution in [-0.4, -0.2) is 118 Å². The summed E-state index contributed by atoms with van der Waals surface area (Å²) >= 11 is 7.86. The Morgan fingerprint density at radius 2 is 1.65 bits per heavy atom. The number of aliphatic hydroxyl groups excluding tert-OH is 1. The van der Waals surface area contributed by atoms with Crippen molar-refractivity contribution in [2.45, 2.75) is 118 Å². The van der Waals surface area contributed by atoms with E-state index >= 15 is 0 Å². The van der Waals surface area contributed by atoms with E-state index in [0.717, 1.165) is 78.5 Å². The number of ether oxygens (including phenoxy) is 1. The zero-order valence-corrected chi connectivity index (χ0v) is 45.8. The summed E-state index contributed by atoms with van der Waals surface area (Å²) in [6.45, 7) is 20.8. The van der Waals surface area contributed by atoms with Crippen molar-refractivity contribution in [3.63, 3.8) is 0 Å². The third kappa shape index (κ3) is 10.9. The fourth-order valence-electron chi connectivity index (χ4n) is 12.3. The molecule has 4 atom stereocenters. The molecule has 0 bridgehead atoms. The van der Waals surface area contributed by atoms with Gasteiger partial charge in [0.25, 0.3) is 11.8 Å². The Morgan fingerprint density at radius 1 is 0.947 bits per heavy atom. The Kier molecular flexibility index (Phi) is 15.5. The van der Waals surface area contributed by atoms with Crippen LogP contribution in [0.4, 0.5) is 5.69 Å². The minimum absolute atomic E-state index is 0.0219. The number of benzene rings is 4. The number of carbonyl (C=O) groups excluding carboxylic acids is 4. The largest absolute Gasteiger partial charge is 0.489 e. The van der Waals surface area contributed by atoms with Crippen LogP contribution < -0.4 is 20.3 Å². The second-order valence-electron chi connectivity index (χ2n) is 22.4. The summed E-state index contributed by atoms with van der Waals surface area (Å²) in [5.74, 6) is -0.627. The maximum absolute atomic E-state index is 14.5. The quantitative estimate of drug-likeness (QED) is 0.0868. The summed E-state index contributed by atoms with van der Waals surface area (Å²) in [5.41, 5.74) is 8.69. The Labute approximate surface area is 450 Å². The van der Waals surface area contributed by atoms with Crippen LogP contribution >= 0.6 is 22.9 Å². The first-order valence-electron chi connectivity index (χ1n) is 26.2. The standard InChI is InChI=1S/C59H69ClN8O6S/c1-35(2)50(55(73)67-33-45(69)29-49(67)53(71)63-36(3)39-15-17-40(18-16-39)51-37(4)62-34-75-51)68-32-43-19-21-44(28-47(43)54(68)72)66-26-24-65(25-27-66)23-9-10-38-11-13-41(14-12-38)52(70)64-56-58(5,6)57(59(56,7)8)74-46-22-20-42(31-61)48(60)30-46/h11-22,28,30,34-36,45,49-50,56-57,69H,9-10,23-27,29,32-33H2,1-8H3,(H,63,71)(H,64,70)/t36-,45+,49-,50+,56?,57?/m0/s1. The molecule has 9 rings (SSSR count). The van der Waals surface area contributed by atoms with Crippen LogP contribution in [0.3, 0.4) is 0 Å². The first-order valence-corrected chi connectivity index (χ1v) is 27.5. The third-order valence-corrected chi connectivity index (χ3v) is 17.4. The second-order valence-corrected chi connectivity index (χ2v) is 23.7. The number of β-amino-alcohol motifs (C(OH)–C–C–N with tert-alkyl or cyclic N) is 1. The number of hydrogen-bond donors (Lipinski definition) is 3. The van der Waals surface area contributed by atoms with Gasteiger partial charge in [-0.15, -0.1) is 11.3 Å². The number of thiazole rings is 1. The number of halogens is 1. The molecular weight excluding hydrogens is 984 g/mol. The average molecular weight is 1050 g/mol. The van der Waals surface area contributed by atoms with Gasteiger partial charge < -0.3 is 35.2 Å². The first kappa shape index (κ1) is 53.5. The number of rotatable bonds is 16. The van der Waals surface area contributed by atoms with E-state index in [0.29, 0.717) is 34.0 Å². The molecule has 5 aromatic rings. The molecule has 2 saturated heterocycles. The molecule has 4 amide bonds. The number of anilines is 1. The number of hydrogen-bond acceptors (Lipinski definition) is 11. The maximum atomic E-state index is 14.5. The minimum atomic E-state index is -0.868. The number of aromatic nitrogens is 1. The van der Waals surface area contributed by atoms with Crippen molar-refractivity contribution in [1.29, 1.82) is 5.26 Å². The summed E-state index contributed by atoms with van der Waals surface area (Å²) in [6, 6.07) is 27.0. The number of likely N-dealkylation sites (tertiary alicyclic amines) is 1. The van der Waals surface area contributed by atoms with E-state index in [1.807, 2.05) is 93.9 Å². The number of nitriles is 1. The van der Waals surface area contributed by atoms with Crippen molar-refractivity contribution in [3.8, 4) is 22.3 Å². The SMILES string of the molecule is Cc1ncsc1-c1ccc([C@H](C)NC(=O)[C@@H]2C[C@@H](O)CN2C(=O)[C@@H](C(C)C)N2Cc3ccc(N4CCN(CCCc5ccc(C(=O)NC6C(C)(C)C(Oc7ccc(C#N)c(Cl)c7)C6(C)C)cc5)CC4)cc3C2=O)cc1. The van der Waals surface area contributed by atoms with Gasteiger partial charge in [-0.2, -0.15) is 5.26 Å². The van der Waals surface area contributed by atoms with Gasteiger partial charge in [0.15, 0.2) is 0 Å². The molecule has 75 heavy (non-hydrogen) atoms. The zero-order chi connectivity index (χ0) is 53.5. The highest BCUT2D eigenvalue weighted by Gasteiger charge is 2.64. The minimum Gasteiger partial charge on any atom is -0.489 e. The molecule has 0 unspecified atom stereocenters. The lowest BCUT2D eigenvalue weighted by atomic mass is 9.49. The number of fused-ring (bicyclic) bond motifs is 1. The van der Waals surface area contributed by atoms with Gasteiger partial charge in [-0.05, 0) is 97.8 Å². The molecule has 14 nitrogen and oxygen atoms in total. The number of piperazine rings is 1. The van der Waals surface area contributed by atoms with E-state index in [1.165, 1.54) is 10.5 Å². The smallest absolute Gasteiger partial charge is 0.255 e. The number of amides is 4. The molecule has 394 valence electrons. The lowest BCUT2D eigenvalue weighted by Crippen LogP contribution is -2.74. The summed E-state index contributed by atoms with van der Waals surface area (Å²) < 4.78 is 6.40. The Balaban J connectivity index is 0.737. The van der Waals surface area contributed by atoms with Crippen molar-refractivity contribution in [2.24, 2.45) is 16.7 Å². The Bertz CT molecular complexity index is 2960. The molecule has 3 N–H and O–H groups in total. The number of aryl methyl sites for hydroxylation is 2. The monoisotopic (exact) mass is 1050 g/mol. The van der Waals surface area contributed by atoms with E-state index in [9.17, 15) is 29.5 Å². The molecule has 1 aromatic heterocycles. The summed E-state index contributed by atoms with van der Waals surface area (Å²) in [4.78, 5) is 69.6. The fourth-order valence-corrected chi connectivity index (χ4v) is 13.3. The number of nitrogens with zero attached hydrogens (tertiary/aromatic N) is 6. The zero-order valence-electron chi connectivity index (χ0n) is 44.2. The van der Waals surface area contributed by atoms with Crippen molar-refractivity contribution < 1.29 is 29.0 Å². The van der Waals surface area contributed by atoms with E-state index < -0.39 is 18.2 Å². The van der Waals surface area contributed by atoms with Gasteiger partial charge in [0, 0.05) is 85.4 Å². The van der Waals surface area contributed by atoms with Crippen molar-refractivity contribution in [1.82, 2.24) is 30.3 Å². The molecule has 1 aliphatic carbocycles. The lowest BCUT2D eigenvalue weighted by molar-refractivity contribution is -0.164. The Hall–Kier alpha value is -6.31. The first-order chi connectivity index (χ1) is 35.7. The van der Waals surface area contributed by atoms with Crippen LogP contribution in [0.15, 0.2) is 90.4 Å². The summed E-state index contributed by atoms with van der Waals surface area (Å²) in [5, 5.41) is 26.8. The molecule has 0 spiro atoms. The Morgan fingerprint density at radius 3 is 2.29 bits per heavy atom. The summed E-state index contributed by atoms with van der Waals surface area (Å²) in [7, 11) is 0. The van der Waals surface area contributed by atoms with Crippen LogP contribution in [0.1, 0.15) is 116 Å². The average Bonchev–Trinajstić information content (AvgIpc) is 4.12. The molecule has 4 heterocycles. The van der Waals surface area contributed by atoms with Gasteiger partial charge >= 0.3 is 0 Å². The maximum Gasteiger partial charge on any atom is 0.255 e. The van der Waals surface area contributed by atoms with E-state index in [2.05, 4.69) is 65.2 Å². The van der Waals surface area contributed by atoms with Crippen LogP contribution in [0.25, 0.3) is 10.4 Å². The van der Waals surface area contributed by atoms with Crippen molar-refractivity contribution in [2.75, 3.05) is 44.2 Å². The molecule has 4 aliphatic rings. The molecule has 1 saturated carbocycles. The number of nitrogens with one attached hydrogen (secondary N) is 2. The van der Waals surface area contributed by atoms with Gasteiger partial charge in [0.1, 0.15) is 30.0 Å². The van der Waals surface area contributed by atoms with Gasteiger partial charge in [0.05, 0.1) is 38.8 Å². The third-order valence-electron chi connectivity index (χ3n) is 16.1.